The second-order valence-electron chi connectivity index (χ2n) is 8.52. The summed E-state index contributed by atoms with van der Waals surface area (Å²) in [6, 6.07) is 0. The van der Waals surface area contributed by atoms with Gasteiger partial charge in [0.1, 0.15) is 5.82 Å². The van der Waals surface area contributed by atoms with Crippen LogP contribution < -0.4 is 0 Å². The summed E-state index contributed by atoms with van der Waals surface area (Å²) in [6.07, 6.45) is 9.39. The van der Waals surface area contributed by atoms with Crippen LogP contribution in [0.1, 0.15) is 44.9 Å². The van der Waals surface area contributed by atoms with E-state index >= 15 is 0 Å². The minimum Gasteiger partial charge on any atom is -0.342 e. The molecule has 1 saturated carbocycles. The molecule has 1 amide bonds. The number of amides is 1. The molecule has 1 aromatic heterocycles. The number of carbonyl (C=O) groups excluding carboxylic acids is 1. The summed E-state index contributed by atoms with van der Waals surface area (Å²) in [5.74, 6) is 2.31. The molecule has 6 heteroatoms. The van der Waals surface area contributed by atoms with Gasteiger partial charge in [-0.2, -0.15) is 0 Å². The number of likely N-dealkylation sites (N-methyl/N-ethyl adjacent to an activating group) is 1. The van der Waals surface area contributed by atoms with Crippen LogP contribution >= 0.6 is 0 Å². The van der Waals surface area contributed by atoms with E-state index in [4.69, 9.17) is 0 Å². The first-order valence-electron chi connectivity index (χ1n) is 10.3. The highest BCUT2D eigenvalue weighted by atomic mass is 16.2. The van der Waals surface area contributed by atoms with Crippen molar-refractivity contribution in [2.24, 2.45) is 5.92 Å². The Labute approximate surface area is 157 Å². The van der Waals surface area contributed by atoms with Crippen LogP contribution in [0.4, 0.5) is 0 Å². The molecule has 2 saturated heterocycles. The van der Waals surface area contributed by atoms with Crippen LogP contribution in [0.3, 0.4) is 0 Å². The zero-order valence-electron chi connectivity index (χ0n) is 16.4. The molecule has 1 spiro atoms. The lowest BCUT2D eigenvalue weighted by Gasteiger charge is -2.49. The Morgan fingerprint density at radius 2 is 2.08 bits per heavy atom. The highest BCUT2D eigenvalue weighted by Crippen LogP contribution is 2.35. The maximum atomic E-state index is 12.6. The smallest absolute Gasteiger partial charge is 0.222 e. The van der Waals surface area contributed by atoms with Gasteiger partial charge < -0.3 is 9.47 Å². The second-order valence-corrected chi connectivity index (χ2v) is 8.52. The molecule has 1 aromatic rings. The molecule has 2 aliphatic heterocycles. The van der Waals surface area contributed by atoms with Crippen molar-refractivity contribution in [3.63, 3.8) is 0 Å². The molecule has 0 radical (unpaired) electrons. The number of nitrogens with zero attached hydrogens (tertiary/aromatic N) is 5. The fourth-order valence-corrected chi connectivity index (χ4v) is 4.69. The maximum absolute atomic E-state index is 12.6. The van der Waals surface area contributed by atoms with Crippen molar-refractivity contribution >= 4 is 5.91 Å². The van der Waals surface area contributed by atoms with E-state index in [0.29, 0.717) is 12.3 Å². The van der Waals surface area contributed by atoms with E-state index in [1.165, 1.54) is 12.8 Å². The number of aromatic nitrogens is 2. The third-order valence-electron chi connectivity index (χ3n) is 6.77. The lowest BCUT2D eigenvalue weighted by Crippen LogP contribution is -2.60. The molecule has 1 atom stereocenters. The standard InChI is InChI=1S/C20H33N5O/c1-3-24-11-9-21-18(24)15-23-13-12-22(2)20(16-23)7-6-19(26)25(10-8-20)14-17-4-5-17/h9,11,17H,3-8,10,12-16H2,1-2H3/t20-/m0/s1. The molecule has 3 aliphatic rings. The molecular formula is C20H33N5O. The molecule has 3 heterocycles. The highest BCUT2D eigenvalue weighted by Gasteiger charge is 2.42. The molecule has 1 aliphatic carbocycles. The van der Waals surface area contributed by atoms with Crippen LogP contribution in [-0.2, 0) is 17.9 Å². The maximum Gasteiger partial charge on any atom is 0.222 e. The van der Waals surface area contributed by atoms with Gasteiger partial charge in [0.25, 0.3) is 0 Å². The van der Waals surface area contributed by atoms with Gasteiger partial charge in [-0.3, -0.25) is 14.6 Å². The van der Waals surface area contributed by atoms with Gasteiger partial charge in [0.05, 0.1) is 6.54 Å². The Bertz CT molecular complexity index is 640. The normalized spacial score (nSPS) is 28.7. The Morgan fingerprint density at radius 3 is 2.85 bits per heavy atom. The van der Waals surface area contributed by atoms with Crippen molar-refractivity contribution in [3.8, 4) is 0 Å². The number of hydrogen-bond acceptors (Lipinski definition) is 4. The summed E-state index contributed by atoms with van der Waals surface area (Å²) < 4.78 is 2.24. The van der Waals surface area contributed by atoms with Gasteiger partial charge in [0.15, 0.2) is 0 Å². The van der Waals surface area contributed by atoms with Gasteiger partial charge in [0.2, 0.25) is 5.91 Å². The number of aryl methyl sites for hydroxylation is 1. The molecule has 0 N–H and O–H groups in total. The Morgan fingerprint density at radius 1 is 1.23 bits per heavy atom. The number of piperazine rings is 1. The van der Waals surface area contributed by atoms with E-state index in [-0.39, 0.29) is 5.54 Å². The number of carbonyl (C=O) groups is 1. The number of hydrogen-bond donors (Lipinski definition) is 0. The van der Waals surface area contributed by atoms with E-state index in [1.807, 2.05) is 6.20 Å². The van der Waals surface area contributed by atoms with Crippen LogP contribution in [0.5, 0.6) is 0 Å². The Hall–Kier alpha value is -1.40. The van der Waals surface area contributed by atoms with Crippen LogP contribution in [0, 0.1) is 5.92 Å². The van der Waals surface area contributed by atoms with Crippen LogP contribution in [0.25, 0.3) is 0 Å². The first-order valence-corrected chi connectivity index (χ1v) is 10.3. The van der Waals surface area contributed by atoms with Gasteiger partial charge in [-0.15, -0.1) is 0 Å². The third kappa shape index (κ3) is 3.67. The van der Waals surface area contributed by atoms with Crippen molar-refractivity contribution in [3.05, 3.63) is 18.2 Å². The van der Waals surface area contributed by atoms with Crippen LogP contribution in [0.2, 0.25) is 0 Å². The van der Waals surface area contributed by atoms with Crippen molar-refractivity contribution in [1.82, 2.24) is 24.3 Å². The van der Waals surface area contributed by atoms with Crippen molar-refractivity contribution < 1.29 is 4.79 Å². The first-order chi connectivity index (χ1) is 12.6. The fraction of sp³-hybridized carbons (Fsp3) is 0.800. The van der Waals surface area contributed by atoms with Gasteiger partial charge in [-0.25, -0.2) is 4.98 Å². The summed E-state index contributed by atoms with van der Waals surface area (Å²) in [4.78, 5) is 24.4. The summed E-state index contributed by atoms with van der Waals surface area (Å²) in [5, 5.41) is 0. The van der Waals surface area contributed by atoms with Crippen molar-refractivity contribution in [2.45, 2.75) is 57.7 Å². The molecule has 3 fully saturated rings. The Kier molecular flexibility index (Phi) is 5.06. The predicted octanol–water partition coefficient (Wildman–Crippen LogP) is 1.81. The van der Waals surface area contributed by atoms with E-state index in [1.54, 1.807) is 0 Å². The molecular weight excluding hydrogens is 326 g/mol. The molecule has 4 rings (SSSR count). The number of likely N-dealkylation sites (tertiary alicyclic amines) is 1. The Balaban J connectivity index is 1.44. The van der Waals surface area contributed by atoms with E-state index in [0.717, 1.165) is 70.4 Å². The quantitative estimate of drug-likeness (QED) is 0.804. The fourth-order valence-electron chi connectivity index (χ4n) is 4.69. The average molecular weight is 360 g/mol. The average Bonchev–Trinajstić information content (AvgIpc) is 3.38. The lowest BCUT2D eigenvalue weighted by atomic mass is 9.86. The van der Waals surface area contributed by atoms with Gasteiger partial charge >= 0.3 is 0 Å². The van der Waals surface area contributed by atoms with Gasteiger partial charge in [-0.1, -0.05) is 0 Å². The van der Waals surface area contributed by atoms with Crippen molar-refractivity contribution in [2.75, 3.05) is 39.8 Å². The molecule has 0 bridgehead atoms. The molecule has 0 unspecified atom stereocenters. The van der Waals surface area contributed by atoms with E-state index in [9.17, 15) is 4.79 Å². The number of imidazole rings is 1. The molecule has 26 heavy (non-hydrogen) atoms. The van der Waals surface area contributed by atoms with E-state index in [2.05, 4.69) is 44.4 Å². The zero-order chi connectivity index (χ0) is 18.1. The number of rotatable bonds is 5. The van der Waals surface area contributed by atoms with Gasteiger partial charge in [0, 0.05) is 63.6 Å². The van der Waals surface area contributed by atoms with Crippen LogP contribution in [0.15, 0.2) is 12.4 Å². The minimum atomic E-state index is 0.135. The van der Waals surface area contributed by atoms with E-state index < -0.39 is 0 Å². The molecule has 0 aromatic carbocycles. The summed E-state index contributed by atoms with van der Waals surface area (Å²) in [5.41, 5.74) is 0.135. The highest BCUT2D eigenvalue weighted by molar-refractivity contribution is 5.76. The summed E-state index contributed by atoms with van der Waals surface area (Å²) in [6.45, 7) is 9.17. The molecule has 144 valence electrons. The summed E-state index contributed by atoms with van der Waals surface area (Å²) in [7, 11) is 2.26. The SMILES string of the molecule is CCn1ccnc1CN1CCN(C)[C@]2(CCC(=O)N(CC3CC3)CC2)C1. The van der Waals surface area contributed by atoms with Crippen LogP contribution in [-0.4, -0.2) is 75.5 Å². The second kappa shape index (κ2) is 7.31. The largest absolute Gasteiger partial charge is 0.342 e. The molecule has 6 nitrogen and oxygen atoms in total. The topological polar surface area (TPSA) is 44.6 Å². The lowest BCUT2D eigenvalue weighted by molar-refractivity contribution is -0.131. The summed E-state index contributed by atoms with van der Waals surface area (Å²) >= 11 is 0. The first kappa shape index (κ1) is 18.0. The zero-order valence-corrected chi connectivity index (χ0v) is 16.4. The van der Waals surface area contributed by atoms with Gasteiger partial charge in [-0.05, 0) is 45.6 Å². The predicted molar refractivity (Wildman–Crippen MR) is 102 cm³/mol. The monoisotopic (exact) mass is 359 g/mol. The third-order valence-corrected chi connectivity index (χ3v) is 6.77. The minimum absolute atomic E-state index is 0.135. The van der Waals surface area contributed by atoms with Crippen molar-refractivity contribution in [1.29, 1.82) is 0 Å².